The highest BCUT2D eigenvalue weighted by Crippen LogP contribution is 2.22. The van der Waals surface area contributed by atoms with Crippen molar-refractivity contribution >= 4 is 17.7 Å². The number of hydrazine groups is 1. The minimum Gasteiger partial charge on any atom is -0.392 e. The molecule has 0 saturated carbocycles. The number of thioether (sulfide) groups is 1. The lowest BCUT2D eigenvalue weighted by atomic mass is 10.3. The number of nitrogens with two attached hydrogens (primary N) is 1. The average Bonchev–Trinajstić information content (AvgIpc) is 2.92. The van der Waals surface area contributed by atoms with Crippen molar-refractivity contribution in [2.75, 3.05) is 5.43 Å². The van der Waals surface area contributed by atoms with Crippen LogP contribution in [0.15, 0.2) is 23.6 Å². The van der Waals surface area contributed by atoms with Crippen molar-refractivity contribution in [1.82, 2.24) is 24.7 Å². The Balaban J connectivity index is 2.31. The van der Waals surface area contributed by atoms with E-state index < -0.39 is 6.10 Å². The van der Waals surface area contributed by atoms with Crippen LogP contribution < -0.4 is 11.3 Å². The smallest absolute Gasteiger partial charge is 0.256 e. The minimum atomic E-state index is -0.468. The van der Waals surface area contributed by atoms with Crippen LogP contribution in [0.25, 0.3) is 5.95 Å². The van der Waals surface area contributed by atoms with Gasteiger partial charge in [0.1, 0.15) is 0 Å². The van der Waals surface area contributed by atoms with Crippen molar-refractivity contribution < 1.29 is 5.11 Å². The van der Waals surface area contributed by atoms with E-state index in [-0.39, 0.29) is 11.2 Å². The first-order chi connectivity index (χ1) is 9.10. The molecule has 0 bridgehead atoms. The molecule has 0 aliphatic carbocycles. The van der Waals surface area contributed by atoms with Gasteiger partial charge in [-0.1, -0.05) is 18.7 Å². The summed E-state index contributed by atoms with van der Waals surface area (Å²) in [6.07, 6.45) is 2.89. The number of aromatic nitrogens is 5. The predicted molar refractivity (Wildman–Crippen MR) is 71.8 cm³/mol. The second-order valence-corrected chi connectivity index (χ2v) is 5.24. The van der Waals surface area contributed by atoms with E-state index in [0.29, 0.717) is 11.1 Å². The van der Waals surface area contributed by atoms with Gasteiger partial charge >= 0.3 is 0 Å². The van der Waals surface area contributed by atoms with Gasteiger partial charge in [0.15, 0.2) is 5.16 Å². The lowest BCUT2D eigenvalue weighted by Gasteiger charge is -2.13. The standard InChI is InChI=1S/C10H15N7OS/c1-6(18)7(2)19-10-14-8(16-11)13-9(15-10)17-5-3-4-12-17/h3-7,18H,11H2,1-2H3,(H,13,14,15,16). The quantitative estimate of drug-likeness (QED) is 0.404. The molecule has 0 fully saturated rings. The van der Waals surface area contributed by atoms with Crippen LogP contribution in [0.3, 0.4) is 0 Å². The molecule has 2 atom stereocenters. The number of rotatable bonds is 5. The number of nitrogens with one attached hydrogen (secondary N) is 1. The molecule has 2 heterocycles. The highest BCUT2D eigenvalue weighted by atomic mass is 32.2. The van der Waals surface area contributed by atoms with Gasteiger partial charge < -0.3 is 5.11 Å². The molecule has 0 aliphatic rings. The molecule has 19 heavy (non-hydrogen) atoms. The zero-order valence-corrected chi connectivity index (χ0v) is 11.4. The monoisotopic (exact) mass is 281 g/mol. The third-order valence-electron chi connectivity index (χ3n) is 2.41. The van der Waals surface area contributed by atoms with Crippen LogP contribution in [0.2, 0.25) is 0 Å². The summed E-state index contributed by atoms with van der Waals surface area (Å²) >= 11 is 1.34. The molecule has 2 rings (SSSR count). The van der Waals surface area contributed by atoms with E-state index in [9.17, 15) is 5.11 Å². The van der Waals surface area contributed by atoms with Crippen LogP contribution in [-0.2, 0) is 0 Å². The normalized spacial score (nSPS) is 14.1. The number of anilines is 1. The Labute approximate surface area is 114 Å². The maximum atomic E-state index is 9.51. The summed E-state index contributed by atoms with van der Waals surface area (Å²) in [4.78, 5) is 12.5. The van der Waals surface area contributed by atoms with Crippen LogP contribution in [-0.4, -0.2) is 41.2 Å². The Kier molecular flexibility index (Phi) is 4.30. The fourth-order valence-electron chi connectivity index (χ4n) is 1.22. The first-order valence-electron chi connectivity index (χ1n) is 5.67. The van der Waals surface area contributed by atoms with E-state index in [1.807, 2.05) is 6.92 Å². The molecule has 0 saturated heterocycles. The number of aliphatic hydroxyl groups excluding tert-OH is 1. The molecule has 9 heteroatoms. The van der Waals surface area contributed by atoms with Gasteiger partial charge in [-0.15, -0.1) is 0 Å². The van der Waals surface area contributed by atoms with Crippen molar-refractivity contribution in [1.29, 1.82) is 0 Å². The van der Waals surface area contributed by atoms with E-state index in [1.54, 1.807) is 25.4 Å². The second-order valence-electron chi connectivity index (χ2n) is 3.90. The Morgan fingerprint density at radius 3 is 2.74 bits per heavy atom. The fourth-order valence-corrected chi connectivity index (χ4v) is 2.02. The van der Waals surface area contributed by atoms with Gasteiger partial charge in [-0.3, -0.25) is 5.43 Å². The zero-order chi connectivity index (χ0) is 13.8. The first-order valence-corrected chi connectivity index (χ1v) is 6.55. The van der Waals surface area contributed by atoms with Crippen LogP contribution >= 0.6 is 11.8 Å². The van der Waals surface area contributed by atoms with Crippen LogP contribution in [0.5, 0.6) is 0 Å². The van der Waals surface area contributed by atoms with Gasteiger partial charge in [-0.05, 0) is 13.0 Å². The molecule has 102 valence electrons. The Hall–Kier alpha value is -1.71. The molecule has 8 nitrogen and oxygen atoms in total. The van der Waals surface area contributed by atoms with E-state index in [4.69, 9.17) is 5.84 Å². The molecular weight excluding hydrogens is 266 g/mol. The number of hydrogen-bond donors (Lipinski definition) is 3. The van der Waals surface area contributed by atoms with Gasteiger partial charge in [0, 0.05) is 17.6 Å². The maximum absolute atomic E-state index is 9.51. The number of nitrogens with zero attached hydrogens (tertiary/aromatic N) is 5. The van der Waals surface area contributed by atoms with Crippen molar-refractivity contribution in [3.63, 3.8) is 0 Å². The molecule has 0 radical (unpaired) electrons. The van der Waals surface area contributed by atoms with Crippen LogP contribution in [0, 0.1) is 0 Å². The van der Waals surface area contributed by atoms with Gasteiger partial charge in [-0.2, -0.15) is 20.1 Å². The Morgan fingerprint density at radius 1 is 1.37 bits per heavy atom. The molecule has 2 unspecified atom stereocenters. The van der Waals surface area contributed by atoms with Gasteiger partial charge in [0.05, 0.1) is 6.10 Å². The van der Waals surface area contributed by atoms with E-state index in [1.165, 1.54) is 16.4 Å². The SMILES string of the molecule is CC(O)C(C)Sc1nc(NN)nc(-n2cccn2)n1. The molecule has 0 aromatic carbocycles. The molecular formula is C10H15N7OS. The summed E-state index contributed by atoms with van der Waals surface area (Å²) in [5.74, 6) is 5.96. The Bertz CT molecular complexity index is 531. The van der Waals surface area contributed by atoms with Crippen molar-refractivity contribution in [3.05, 3.63) is 18.5 Å². The largest absolute Gasteiger partial charge is 0.392 e. The van der Waals surface area contributed by atoms with Gasteiger partial charge in [0.2, 0.25) is 5.95 Å². The average molecular weight is 281 g/mol. The maximum Gasteiger partial charge on any atom is 0.256 e. The summed E-state index contributed by atoms with van der Waals surface area (Å²) in [6, 6.07) is 1.77. The third kappa shape index (κ3) is 3.40. The summed E-state index contributed by atoms with van der Waals surface area (Å²) in [5.41, 5.74) is 2.39. The first kappa shape index (κ1) is 13.7. The van der Waals surface area contributed by atoms with E-state index in [2.05, 4.69) is 25.5 Å². The lowest BCUT2D eigenvalue weighted by molar-refractivity contribution is 0.196. The second kappa shape index (κ2) is 5.95. The number of nitrogen functional groups attached to an aromatic ring is 1. The van der Waals surface area contributed by atoms with Crippen LogP contribution in [0.4, 0.5) is 5.95 Å². The molecule has 4 N–H and O–H groups in total. The Morgan fingerprint density at radius 2 is 2.16 bits per heavy atom. The topological polar surface area (TPSA) is 115 Å². The fraction of sp³-hybridized carbons (Fsp3) is 0.400. The summed E-state index contributed by atoms with van der Waals surface area (Å²) in [6.45, 7) is 3.61. The van der Waals surface area contributed by atoms with Gasteiger partial charge in [0.25, 0.3) is 5.95 Å². The molecule has 0 spiro atoms. The summed E-state index contributed by atoms with van der Waals surface area (Å²) < 4.78 is 1.51. The van der Waals surface area contributed by atoms with Crippen molar-refractivity contribution in [2.24, 2.45) is 5.84 Å². The minimum absolute atomic E-state index is 0.0431. The van der Waals surface area contributed by atoms with Crippen molar-refractivity contribution in [3.8, 4) is 5.95 Å². The number of aliphatic hydroxyl groups is 1. The lowest BCUT2D eigenvalue weighted by Crippen LogP contribution is -2.18. The van der Waals surface area contributed by atoms with E-state index in [0.717, 1.165) is 0 Å². The highest BCUT2D eigenvalue weighted by molar-refractivity contribution is 7.99. The van der Waals surface area contributed by atoms with Crippen LogP contribution in [0.1, 0.15) is 13.8 Å². The molecule has 2 aromatic rings. The third-order valence-corrected chi connectivity index (χ3v) is 3.57. The predicted octanol–water partition coefficient (Wildman–Crippen LogP) is 0.204. The highest BCUT2D eigenvalue weighted by Gasteiger charge is 2.15. The van der Waals surface area contributed by atoms with Crippen molar-refractivity contribution in [2.45, 2.75) is 30.4 Å². The summed E-state index contributed by atoms with van der Waals surface area (Å²) in [5, 5.41) is 14.0. The summed E-state index contributed by atoms with van der Waals surface area (Å²) in [7, 11) is 0. The zero-order valence-electron chi connectivity index (χ0n) is 10.6. The number of hydrogen-bond acceptors (Lipinski definition) is 8. The molecule has 0 amide bonds. The molecule has 2 aromatic heterocycles. The molecule has 0 aliphatic heterocycles. The van der Waals surface area contributed by atoms with Gasteiger partial charge in [-0.25, -0.2) is 10.5 Å². The van der Waals surface area contributed by atoms with E-state index >= 15 is 0 Å².